The highest BCUT2D eigenvalue weighted by atomic mass is 79.9. The molecule has 0 aliphatic heterocycles. The van der Waals surface area contributed by atoms with Crippen molar-refractivity contribution in [2.75, 3.05) is 6.54 Å². The second-order valence-electron chi connectivity index (χ2n) is 3.81. The maximum absolute atomic E-state index is 11.7. The normalized spacial score (nSPS) is 12.9. The molecule has 1 aromatic heterocycles. The van der Waals surface area contributed by atoms with E-state index in [2.05, 4.69) is 40.2 Å². The Hall–Kier alpha value is -0.840. The molecule has 5 heteroatoms. The van der Waals surface area contributed by atoms with Crippen LogP contribution in [0.15, 0.2) is 12.3 Å². The largest absolute Gasteiger partial charge is 0.350 e. The van der Waals surface area contributed by atoms with Gasteiger partial charge in [-0.15, -0.1) is 0 Å². The smallest absolute Gasteiger partial charge is 0.269 e. The lowest BCUT2D eigenvalue weighted by molar-refractivity contribution is 0.0943. The Morgan fingerprint density at radius 3 is 2.80 bits per heavy atom. The first-order valence-corrected chi connectivity index (χ1v) is 5.84. The van der Waals surface area contributed by atoms with Crippen molar-refractivity contribution in [3.05, 3.63) is 18.0 Å². The summed E-state index contributed by atoms with van der Waals surface area (Å²) >= 11 is 3.52. The minimum absolute atomic E-state index is 0.0832. The molecule has 0 aliphatic rings. The van der Waals surface area contributed by atoms with Crippen LogP contribution in [0.25, 0.3) is 0 Å². The van der Waals surface area contributed by atoms with E-state index in [1.165, 1.54) is 0 Å². The molecule has 0 spiro atoms. The minimum atomic E-state index is -0.0832. The molecule has 0 bridgehead atoms. The summed E-state index contributed by atoms with van der Waals surface area (Å²) in [7, 11) is 1.75. The SMILES string of the molecule is CC(C)C(Br)CNC(=O)c1ccnn1C. The molecule has 15 heavy (non-hydrogen) atoms. The lowest BCUT2D eigenvalue weighted by atomic mass is 10.1. The van der Waals surface area contributed by atoms with Gasteiger partial charge < -0.3 is 5.32 Å². The van der Waals surface area contributed by atoms with Gasteiger partial charge in [0.15, 0.2) is 0 Å². The number of amides is 1. The number of carbonyl (C=O) groups excluding carboxylic acids is 1. The Balaban J connectivity index is 2.47. The van der Waals surface area contributed by atoms with E-state index in [0.29, 0.717) is 23.0 Å². The van der Waals surface area contributed by atoms with Crippen LogP contribution in [0, 0.1) is 5.92 Å². The van der Waals surface area contributed by atoms with Gasteiger partial charge in [-0.05, 0) is 12.0 Å². The van der Waals surface area contributed by atoms with Gasteiger partial charge in [-0.25, -0.2) is 0 Å². The summed E-state index contributed by atoms with van der Waals surface area (Å²) in [5.41, 5.74) is 0.582. The summed E-state index contributed by atoms with van der Waals surface area (Å²) in [5, 5.41) is 6.80. The fraction of sp³-hybridized carbons (Fsp3) is 0.600. The molecule has 0 saturated carbocycles. The van der Waals surface area contributed by atoms with Crippen molar-refractivity contribution in [2.24, 2.45) is 13.0 Å². The average Bonchev–Trinajstić information content (AvgIpc) is 2.60. The third-order valence-corrected chi connectivity index (χ3v) is 3.62. The summed E-state index contributed by atoms with van der Waals surface area (Å²) in [6.45, 7) is 4.84. The fourth-order valence-corrected chi connectivity index (χ4v) is 1.27. The summed E-state index contributed by atoms with van der Waals surface area (Å²) in [6, 6.07) is 1.70. The van der Waals surface area contributed by atoms with E-state index in [-0.39, 0.29) is 5.91 Å². The molecule has 84 valence electrons. The van der Waals surface area contributed by atoms with E-state index in [0.717, 1.165) is 0 Å². The second-order valence-corrected chi connectivity index (χ2v) is 4.99. The molecule has 1 atom stereocenters. The molecule has 0 fully saturated rings. The number of nitrogens with zero attached hydrogens (tertiary/aromatic N) is 2. The zero-order valence-electron chi connectivity index (χ0n) is 9.20. The Morgan fingerprint density at radius 1 is 1.67 bits per heavy atom. The van der Waals surface area contributed by atoms with Crippen molar-refractivity contribution < 1.29 is 4.79 Å². The number of aromatic nitrogens is 2. The van der Waals surface area contributed by atoms with E-state index < -0.39 is 0 Å². The van der Waals surface area contributed by atoms with Gasteiger partial charge in [0, 0.05) is 24.6 Å². The molecular weight excluding hydrogens is 258 g/mol. The van der Waals surface area contributed by atoms with Crippen LogP contribution in [-0.4, -0.2) is 27.1 Å². The van der Waals surface area contributed by atoms with Crippen molar-refractivity contribution in [1.82, 2.24) is 15.1 Å². The van der Waals surface area contributed by atoms with Crippen LogP contribution < -0.4 is 5.32 Å². The molecule has 0 aliphatic carbocycles. The van der Waals surface area contributed by atoms with Crippen LogP contribution in [-0.2, 0) is 7.05 Å². The van der Waals surface area contributed by atoms with E-state index in [1.54, 1.807) is 24.0 Å². The quantitative estimate of drug-likeness (QED) is 0.847. The van der Waals surface area contributed by atoms with Crippen molar-refractivity contribution in [2.45, 2.75) is 18.7 Å². The number of aryl methyl sites for hydroxylation is 1. The van der Waals surface area contributed by atoms with E-state index in [9.17, 15) is 4.79 Å². The molecular formula is C10H16BrN3O. The third kappa shape index (κ3) is 3.34. The minimum Gasteiger partial charge on any atom is -0.350 e. The number of alkyl halides is 1. The Labute approximate surface area is 98.2 Å². The molecule has 1 unspecified atom stereocenters. The number of hydrogen-bond donors (Lipinski definition) is 1. The Kier molecular flexibility index (Phi) is 4.32. The first-order chi connectivity index (χ1) is 7.02. The lowest BCUT2D eigenvalue weighted by Crippen LogP contribution is -2.32. The van der Waals surface area contributed by atoms with Crippen molar-refractivity contribution in [1.29, 1.82) is 0 Å². The highest BCUT2D eigenvalue weighted by Crippen LogP contribution is 2.10. The van der Waals surface area contributed by atoms with Gasteiger partial charge in [0.1, 0.15) is 5.69 Å². The predicted octanol–water partition coefficient (Wildman–Crippen LogP) is 1.57. The van der Waals surface area contributed by atoms with Gasteiger partial charge >= 0.3 is 0 Å². The maximum atomic E-state index is 11.7. The van der Waals surface area contributed by atoms with Gasteiger partial charge in [0.25, 0.3) is 5.91 Å². The van der Waals surface area contributed by atoms with Gasteiger partial charge in [-0.2, -0.15) is 5.10 Å². The van der Waals surface area contributed by atoms with Crippen molar-refractivity contribution >= 4 is 21.8 Å². The first kappa shape index (κ1) is 12.2. The Morgan fingerprint density at radius 2 is 2.33 bits per heavy atom. The second kappa shape index (κ2) is 5.30. The monoisotopic (exact) mass is 273 g/mol. The van der Waals surface area contributed by atoms with Crippen LogP contribution in [0.4, 0.5) is 0 Å². The molecule has 0 aromatic carbocycles. The lowest BCUT2D eigenvalue weighted by Gasteiger charge is -2.14. The predicted molar refractivity (Wildman–Crippen MR) is 63.1 cm³/mol. The summed E-state index contributed by atoms with van der Waals surface area (Å²) in [6.07, 6.45) is 1.61. The summed E-state index contributed by atoms with van der Waals surface area (Å²) in [5.74, 6) is 0.414. The van der Waals surface area contributed by atoms with Crippen LogP contribution >= 0.6 is 15.9 Å². The number of halogens is 1. The van der Waals surface area contributed by atoms with Gasteiger partial charge in [-0.1, -0.05) is 29.8 Å². The molecule has 1 N–H and O–H groups in total. The number of carbonyl (C=O) groups is 1. The molecule has 4 nitrogen and oxygen atoms in total. The van der Waals surface area contributed by atoms with Crippen LogP contribution in [0.2, 0.25) is 0 Å². The van der Waals surface area contributed by atoms with Gasteiger partial charge in [0.05, 0.1) is 0 Å². The Bertz CT molecular complexity index is 335. The fourth-order valence-electron chi connectivity index (χ4n) is 1.11. The molecule has 0 radical (unpaired) electrons. The molecule has 1 rings (SSSR count). The van der Waals surface area contributed by atoms with Crippen LogP contribution in [0.5, 0.6) is 0 Å². The highest BCUT2D eigenvalue weighted by molar-refractivity contribution is 9.09. The zero-order chi connectivity index (χ0) is 11.4. The summed E-state index contributed by atoms with van der Waals surface area (Å²) < 4.78 is 1.56. The van der Waals surface area contributed by atoms with Crippen LogP contribution in [0.1, 0.15) is 24.3 Å². The molecule has 0 saturated heterocycles. The van der Waals surface area contributed by atoms with E-state index in [4.69, 9.17) is 0 Å². The topological polar surface area (TPSA) is 46.9 Å². The van der Waals surface area contributed by atoms with E-state index in [1.807, 2.05) is 0 Å². The highest BCUT2D eigenvalue weighted by Gasteiger charge is 2.13. The van der Waals surface area contributed by atoms with Gasteiger partial charge in [0.2, 0.25) is 0 Å². The molecule has 1 amide bonds. The maximum Gasteiger partial charge on any atom is 0.269 e. The third-order valence-electron chi connectivity index (χ3n) is 2.23. The average molecular weight is 274 g/mol. The molecule has 1 aromatic rings. The zero-order valence-corrected chi connectivity index (χ0v) is 10.8. The molecule has 1 heterocycles. The van der Waals surface area contributed by atoms with E-state index >= 15 is 0 Å². The van der Waals surface area contributed by atoms with Gasteiger partial charge in [-0.3, -0.25) is 9.48 Å². The number of rotatable bonds is 4. The van der Waals surface area contributed by atoms with Crippen molar-refractivity contribution in [3.63, 3.8) is 0 Å². The van der Waals surface area contributed by atoms with Crippen molar-refractivity contribution in [3.8, 4) is 0 Å². The standard InChI is InChI=1S/C10H16BrN3O/c1-7(2)8(11)6-12-10(15)9-4-5-13-14(9)3/h4-5,7-8H,6H2,1-3H3,(H,12,15). The number of nitrogens with one attached hydrogen (secondary N) is 1. The first-order valence-electron chi connectivity index (χ1n) is 4.92. The van der Waals surface area contributed by atoms with Crippen LogP contribution in [0.3, 0.4) is 0 Å². The summed E-state index contributed by atoms with van der Waals surface area (Å²) in [4.78, 5) is 12.0. The number of hydrogen-bond acceptors (Lipinski definition) is 2.